The Morgan fingerprint density at radius 3 is 2.21 bits per heavy atom. The van der Waals surface area contributed by atoms with Gasteiger partial charge in [0.25, 0.3) is 5.91 Å². The first-order valence-corrected chi connectivity index (χ1v) is 8.36. The summed E-state index contributed by atoms with van der Waals surface area (Å²) in [4.78, 5) is 25.2. The zero-order valence-electron chi connectivity index (χ0n) is 14.6. The highest BCUT2D eigenvalue weighted by Crippen LogP contribution is 2.23. The fraction of sp³-hybridized carbons (Fsp3) is 0.421. The van der Waals surface area contributed by atoms with Gasteiger partial charge in [-0.05, 0) is 29.2 Å². The average Bonchev–Trinajstić information content (AvgIpc) is 2.61. The van der Waals surface area contributed by atoms with E-state index in [9.17, 15) is 4.79 Å². The van der Waals surface area contributed by atoms with Crippen LogP contribution in [0.2, 0.25) is 0 Å². The van der Waals surface area contributed by atoms with Crippen molar-refractivity contribution in [3.63, 3.8) is 0 Å². The van der Waals surface area contributed by atoms with Crippen molar-refractivity contribution in [2.45, 2.75) is 26.2 Å². The average molecular weight is 324 g/mol. The quantitative estimate of drug-likeness (QED) is 0.852. The standard InChI is InChI=1S/C19H24N4O/c1-19(2,3)16-4-5-17(21-14-16)22-10-12-23(13-11-22)18(24)15-6-8-20-9-7-15/h4-9,14H,10-13H2,1-3H3. The van der Waals surface area contributed by atoms with E-state index in [4.69, 9.17) is 0 Å². The van der Waals surface area contributed by atoms with Crippen molar-refractivity contribution >= 4 is 11.7 Å². The van der Waals surface area contributed by atoms with E-state index >= 15 is 0 Å². The van der Waals surface area contributed by atoms with E-state index in [-0.39, 0.29) is 11.3 Å². The topological polar surface area (TPSA) is 49.3 Å². The molecule has 3 heterocycles. The fourth-order valence-corrected chi connectivity index (χ4v) is 2.83. The molecule has 0 aliphatic carbocycles. The summed E-state index contributed by atoms with van der Waals surface area (Å²) in [5.41, 5.74) is 2.05. The van der Waals surface area contributed by atoms with Crippen molar-refractivity contribution in [1.82, 2.24) is 14.9 Å². The van der Waals surface area contributed by atoms with Crippen LogP contribution < -0.4 is 4.90 Å². The van der Waals surface area contributed by atoms with Crippen LogP contribution in [-0.2, 0) is 5.41 Å². The van der Waals surface area contributed by atoms with Gasteiger partial charge in [-0.1, -0.05) is 26.8 Å². The number of rotatable bonds is 2. The number of nitrogens with zero attached hydrogens (tertiary/aromatic N) is 4. The minimum absolute atomic E-state index is 0.0769. The van der Waals surface area contributed by atoms with Crippen LogP contribution in [0, 0.1) is 0 Å². The predicted molar refractivity (Wildman–Crippen MR) is 95.3 cm³/mol. The summed E-state index contributed by atoms with van der Waals surface area (Å²) in [6.07, 6.45) is 5.28. The number of pyridine rings is 2. The van der Waals surface area contributed by atoms with E-state index in [0.717, 1.165) is 18.9 Å². The number of hydrogen-bond donors (Lipinski definition) is 0. The minimum Gasteiger partial charge on any atom is -0.353 e. The number of amides is 1. The molecule has 3 rings (SSSR count). The molecule has 1 saturated heterocycles. The molecule has 0 radical (unpaired) electrons. The van der Waals surface area contributed by atoms with Gasteiger partial charge in [-0.2, -0.15) is 0 Å². The Kier molecular flexibility index (Phi) is 4.51. The van der Waals surface area contributed by atoms with Crippen LogP contribution in [0.4, 0.5) is 5.82 Å². The Morgan fingerprint density at radius 1 is 1.00 bits per heavy atom. The maximum Gasteiger partial charge on any atom is 0.254 e. The number of carbonyl (C=O) groups is 1. The lowest BCUT2D eigenvalue weighted by atomic mass is 9.88. The summed E-state index contributed by atoms with van der Waals surface area (Å²) in [5, 5.41) is 0. The molecule has 0 N–H and O–H groups in total. The molecule has 1 fully saturated rings. The highest BCUT2D eigenvalue weighted by molar-refractivity contribution is 5.94. The lowest BCUT2D eigenvalue weighted by Gasteiger charge is -2.35. The Hall–Kier alpha value is -2.43. The van der Waals surface area contributed by atoms with Crippen molar-refractivity contribution in [2.24, 2.45) is 0 Å². The SMILES string of the molecule is CC(C)(C)c1ccc(N2CCN(C(=O)c3ccncc3)CC2)nc1. The van der Waals surface area contributed by atoms with Crippen molar-refractivity contribution in [3.8, 4) is 0 Å². The van der Waals surface area contributed by atoms with Crippen LogP contribution in [0.15, 0.2) is 42.9 Å². The smallest absolute Gasteiger partial charge is 0.254 e. The van der Waals surface area contributed by atoms with Gasteiger partial charge in [0.1, 0.15) is 5.82 Å². The third-order valence-electron chi connectivity index (χ3n) is 4.43. The van der Waals surface area contributed by atoms with E-state index in [2.05, 4.69) is 47.8 Å². The van der Waals surface area contributed by atoms with Gasteiger partial charge in [-0.15, -0.1) is 0 Å². The van der Waals surface area contributed by atoms with Gasteiger partial charge >= 0.3 is 0 Å². The molecule has 24 heavy (non-hydrogen) atoms. The predicted octanol–water partition coefficient (Wildman–Crippen LogP) is 2.74. The molecule has 0 atom stereocenters. The number of aromatic nitrogens is 2. The molecule has 126 valence electrons. The molecule has 1 aliphatic rings. The molecule has 1 amide bonds. The highest BCUT2D eigenvalue weighted by Gasteiger charge is 2.23. The van der Waals surface area contributed by atoms with E-state index in [1.807, 2.05) is 11.1 Å². The summed E-state index contributed by atoms with van der Waals surface area (Å²) in [5.74, 6) is 1.06. The molecular formula is C19H24N4O. The van der Waals surface area contributed by atoms with Crippen molar-refractivity contribution in [1.29, 1.82) is 0 Å². The second kappa shape index (κ2) is 6.59. The molecule has 5 nitrogen and oxygen atoms in total. The lowest BCUT2D eigenvalue weighted by molar-refractivity contribution is 0.0746. The van der Waals surface area contributed by atoms with Crippen LogP contribution in [0.3, 0.4) is 0 Å². The molecule has 0 unspecified atom stereocenters. The Bertz CT molecular complexity index is 684. The Morgan fingerprint density at radius 2 is 1.67 bits per heavy atom. The fourth-order valence-electron chi connectivity index (χ4n) is 2.83. The lowest BCUT2D eigenvalue weighted by Crippen LogP contribution is -2.49. The molecule has 0 saturated carbocycles. The third-order valence-corrected chi connectivity index (χ3v) is 4.43. The maximum atomic E-state index is 12.5. The van der Waals surface area contributed by atoms with Gasteiger partial charge in [0.15, 0.2) is 0 Å². The molecule has 0 bridgehead atoms. The minimum atomic E-state index is 0.0769. The van der Waals surface area contributed by atoms with Gasteiger partial charge in [0.05, 0.1) is 0 Å². The zero-order valence-corrected chi connectivity index (χ0v) is 14.6. The molecule has 1 aliphatic heterocycles. The van der Waals surface area contributed by atoms with Crippen LogP contribution in [-0.4, -0.2) is 47.0 Å². The molecule has 2 aromatic heterocycles. The van der Waals surface area contributed by atoms with Gasteiger partial charge in [0.2, 0.25) is 0 Å². The van der Waals surface area contributed by atoms with Crippen LogP contribution in [0.1, 0.15) is 36.7 Å². The number of hydrogen-bond acceptors (Lipinski definition) is 4. The molecular weight excluding hydrogens is 300 g/mol. The Labute approximate surface area is 143 Å². The van der Waals surface area contributed by atoms with Crippen molar-refractivity contribution < 1.29 is 4.79 Å². The first-order chi connectivity index (χ1) is 11.4. The zero-order chi connectivity index (χ0) is 17.2. The van der Waals surface area contributed by atoms with Gasteiger partial charge in [-0.25, -0.2) is 4.98 Å². The van der Waals surface area contributed by atoms with Crippen molar-refractivity contribution in [3.05, 3.63) is 54.0 Å². The van der Waals surface area contributed by atoms with Gasteiger partial charge < -0.3 is 9.80 Å². The maximum absolute atomic E-state index is 12.5. The Balaban J connectivity index is 1.62. The summed E-state index contributed by atoms with van der Waals surface area (Å²) in [6.45, 7) is 9.60. The summed E-state index contributed by atoms with van der Waals surface area (Å²) >= 11 is 0. The molecule has 0 aromatic carbocycles. The normalized spacial score (nSPS) is 15.5. The molecule has 2 aromatic rings. The largest absolute Gasteiger partial charge is 0.353 e. The highest BCUT2D eigenvalue weighted by atomic mass is 16.2. The summed E-state index contributed by atoms with van der Waals surface area (Å²) < 4.78 is 0. The third kappa shape index (κ3) is 3.55. The van der Waals surface area contributed by atoms with Gasteiger partial charge in [0, 0.05) is 50.3 Å². The van der Waals surface area contributed by atoms with E-state index in [1.165, 1.54) is 5.56 Å². The van der Waals surface area contributed by atoms with Gasteiger partial charge in [-0.3, -0.25) is 9.78 Å². The number of anilines is 1. The second-order valence-electron chi connectivity index (χ2n) is 7.17. The van der Waals surface area contributed by atoms with Crippen LogP contribution in [0.5, 0.6) is 0 Å². The first-order valence-electron chi connectivity index (χ1n) is 8.36. The van der Waals surface area contributed by atoms with E-state index in [1.54, 1.807) is 24.5 Å². The first kappa shape index (κ1) is 16.4. The monoisotopic (exact) mass is 324 g/mol. The second-order valence-corrected chi connectivity index (χ2v) is 7.17. The van der Waals surface area contributed by atoms with Crippen LogP contribution >= 0.6 is 0 Å². The summed E-state index contributed by atoms with van der Waals surface area (Å²) in [7, 11) is 0. The van der Waals surface area contributed by atoms with Crippen LogP contribution in [0.25, 0.3) is 0 Å². The van der Waals surface area contributed by atoms with Crippen molar-refractivity contribution in [2.75, 3.05) is 31.1 Å². The molecule has 0 spiro atoms. The summed E-state index contributed by atoms with van der Waals surface area (Å²) in [6, 6.07) is 7.76. The number of piperazine rings is 1. The van der Waals surface area contributed by atoms with E-state index in [0.29, 0.717) is 18.7 Å². The number of carbonyl (C=O) groups excluding carboxylic acids is 1. The van der Waals surface area contributed by atoms with E-state index < -0.39 is 0 Å². The molecule has 5 heteroatoms.